The van der Waals surface area contributed by atoms with Gasteiger partial charge in [-0.05, 0) is 112 Å². The van der Waals surface area contributed by atoms with Gasteiger partial charge in [0.25, 0.3) is 0 Å². The molecular formula is C31H52O2. The molecule has 4 aliphatic carbocycles. The summed E-state index contributed by atoms with van der Waals surface area (Å²) in [4.78, 5) is 13.7. The molecule has 0 heterocycles. The first-order chi connectivity index (χ1) is 15.3. The van der Waals surface area contributed by atoms with E-state index in [4.69, 9.17) is 4.74 Å². The van der Waals surface area contributed by atoms with Gasteiger partial charge in [0.2, 0.25) is 0 Å². The minimum atomic E-state index is -0.114. The largest absolute Gasteiger partial charge is 0.372 e. The topological polar surface area (TPSA) is 26.3 Å². The molecule has 0 radical (unpaired) electrons. The fraction of sp³-hybridized carbons (Fsp3) is 0.903. The molecule has 2 nitrogen and oxygen atoms in total. The van der Waals surface area contributed by atoms with Crippen molar-refractivity contribution in [1.29, 1.82) is 0 Å². The molecule has 2 heteroatoms. The van der Waals surface area contributed by atoms with Crippen LogP contribution in [0.1, 0.15) is 120 Å². The Kier molecular flexibility index (Phi) is 7.03. The van der Waals surface area contributed by atoms with E-state index in [1.807, 2.05) is 0 Å². The lowest BCUT2D eigenvalue weighted by Gasteiger charge is -2.58. The zero-order chi connectivity index (χ0) is 24.2. The highest BCUT2D eigenvalue weighted by molar-refractivity contribution is 5.94. The van der Waals surface area contributed by atoms with Crippen LogP contribution in [0.3, 0.4) is 0 Å². The summed E-state index contributed by atoms with van der Waals surface area (Å²) in [6, 6.07) is 0. The standard InChI is InChI=1S/C31H52O2/c1-20(2)10-9-11-21(3)24-12-13-25-28-26(15-17-31(24,25)8)30(7)16-14-23(33-29(4,5)6)18-22(30)19-27(28)32/h19-21,23-26,28H,9-18H2,1-8H3. The number of rotatable bonds is 6. The molecule has 0 bridgehead atoms. The van der Waals surface area contributed by atoms with Crippen LogP contribution in [0.5, 0.6) is 0 Å². The van der Waals surface area contributed by atoms with Gasteiger partial charge in [0.05, 0.1) is 11.7 Å². The molecule has 0 amide bonds. The Labute approximate surface area is 204 Å². The first-order valence-corrected chi connectivity index (χ1v) is 14.3. The van der Waals surface area contributed by atoms with Crippen LogP contribution >= 0.6 is 0 Å². The van der Waals surface area contributed by atoms with Crippen molar-refractivity contribution in [2.24, 2.45) is 46.3 Å². The average Bonchev–Trinajstić information content (AvgIpc) is 3.05. The number of carbonyl (C=O) groups is 1. The summed E-state index contributed by atoms with van der Waals surface area (Å²) in [5, 5.41) is 0. The Hall–Kier alpha value is -0.630. The van der Waals surface area contributed by atoms with Gasteiger partial charge in [0.1, 0.15) is 0 Å². The molecule has 0 aromatic carbocycles. The first-order valence-electron chi connectivity index (χ1n) is 14.3. The van der Waals surface area contributed by atoms with E-state index in [1.165, 1.54) is 56.9 Å². The Balaban J connectivity index is 1.51. The summed E-state index contributed by atoms with van der Waals surface area (Å²) in [5.74, 6) is 4.29. The number of fused-ring (bicyclic) bond motifs is 5. The summed E-state index contributed by atoms with van der Waals surface area (Å²) in [5.41, 5.74) is 1.87. The normalized spacial score (nSPS) is 41.9. The lowest BCUT2D eigenvalue weighted by molar-refractivity contribution is -0.137. The van der Waals surface area contributed by atoms with Gasteiger partial charge < -0.3 is 4.74 Å². The monoisotopic (exact) mass is 456 g/mol. The molecule has 8 unspecified atom stereocenters. The van der Waals surface area contributed by atoms with Crippen LogP contribution in [0.4, 0.5) is 0 Å². The maximum Gasteiger partial charge on any atom is 0.159 e. The van der Waals surface area contributed by atoms with Gasteiger partial charge in [0.15, 0.2) is 5.78 Å². The highest BCUT2D eigenvalue weighted by atomic mass is 16.5. The van der Waals surface area contributed by atoms with Gasteiger partial charge in [-0.1, -0.05) is 59.5 Å². The third-order valence-corrected chi connectivity index (χ3v) is 10.6. The molecular weight excluding hydrogens is 404 g/mol. The van der Waals surface area contributed by atoms with E-state index in [1.54, 1.807) is 0 Å². The number of ether oxygens (including phenoxy) is 1. The molecule has 0 saturated heterocycles. The third kappa shape index (κ3) is 4.76. The highest BCUT2D eigenvalue weighted by Gasteiger charge is 2.61. The second-order valence-electron chi connectivity index (χ2n) is 14.4. The lowest BCUT2D eigenvalue weighted by atomic mass is 9.46. The van der Waals surface area contributed by atoms with Crippen molar-refractivity contribution >= 4 is 5.78 Å². The van der Waals surface area contributed by atoms with Crippen LogP contribution in [0.15, 0.2) is 11.6 Å². The molecule has 0 spiro atoms. The van der Waals surface area contributed by atoms with E-state index in [0.717, 1.165) is 30.6 Å². The summed E-state index contributed by atoms with van der Waals surface area (Å²) in [7, 11) is 0. The van der Waals surface area contributed by atoms with E-state index in [0.29, 0.717) is 23.0 Å². The maximum absolute atomic E-state index is 13.7. The van der Waals surface area contributed by atoms with Gasteiger partial charge in [-0.15, -0.1) is 0 Å². The summed E-state index contributed by atoms with van der Waals surface area (Å²) in [6.45, 7) is 18.7. The van der Waals surface area contributed by atoms with Crippen molar-refractivity contribution in [3.63, 3.8) is 0 Å². The minimum Gasteiger partial charge on any atom is -0.372 e. The first kappa shape index (κ1) is 25.5. The summed E-state index contributed by atoms with van der Waals surface area (Å²) < 4.78 is 6.36. The molecule has 4 aliphatic rings. The fourth-order valence-electron chi connectivity index (χ4n) is 8.99. The summed E-state index contributed by atoms with van der Waals surface area (Å²) >= 11 is 0. The van der Waals surface area contributed by atoms with Gasteiger partial charge in [-0.25, -0.2) is 0 Å². The minimum absolute atomic E-state index is 0.114. The van der Waals surface area contributed by atoms with Crippen molar-refractivity contribution in [2.45, 2.75) is 131 Å². The predicted octanol–water partition coefficient (Wildman–Crippen LogP) is 8.39. The molecule has 3 fully saturated rings. The van der Waals surface area contributed by atoms with E-state index in [-0.39, 0.29) is 23.0 Å². The van der Waals surface area contributed by atoms with Crippen LogP contribution in [0.25, 0.3) is 0 Å². The fourth-order valence-corrected chi connectivity index (χ4v) is 8.99. The Morgan fingerprint density at radius 2 is 1.73 bits per heavy atom. The highest BCUT2D eigenvalue weighted by Crippen LogP contribution is 2.66. The molecule has 4 rings (SSSR count). The van der Waals surface area contributed by atoms with Crippen LogP contribution in [-0.2, 0) is 9.53 Å². The number of allylic oxidation sites excluding steroid dienone is 1. The number of hydrogen-bond donors (Lipinski definition) is 0. The van der Waals surface area contributed by atoms with Crippen LogP contribution < -0.4 is 0 Å². The van der Waals surface area contributed by atoms with Crippen LogP contribution in [0, 0.1) is 46.3 Å². The van der Waals surface area contributed by atoms with Gasteiger partial charge in [-0.3, -0.25) is 4.79 Å². The predicted molar refractivity (Wildman–Crippen MR) is 138 cm³/mol. The van der Waals surface area contributed by atoms with Gasteiger partial charge in [-0.2, -0.15) is 0 Å². The molecule has 0 aliphatic heterocycles. The number of ketones is 1. The van der Waals surface area contributed by atoms with E-state index >= 15 is 0 Å². The van der Waals surface area contributed by atoms with Crippen molar-refractivity contribution in [2.75, 3.05) is 0 Å². The van der Waals surface area contributed by atoms with Crippen molar-refractivity contribution in [3.8, 4) is 0 Å². The molecule has 188 valence electrons. The quantitative estimate of drug-likeness (QED) is 0.401. The Bertz CT molecular complexity index is 757. The lowest BCUT2D eigenvalue weighted by Crippen LogP contribution is -2.54. The van der Waals surface area contributed by atoms with Crippen LogP contribution in [0.2, 0.25) is 0 Å². The van der Waals surface area contributed by atoms with E-state index in [9.17, 15) is 4.79 Å². The van der Waals surface area contributed by atoms with Crippen molar-refractivity contribution in [3.05, 3.63) is 11.6 Å². The smallest absolute Gasteiger partial charge is 0.159 e. The maximum atomic E-state index is 13.7. The van der Waals surface area contributed by atoms with E-state index < -0.39 is 0 Å². The Morgan fingerprint density at radius 1 is 1.00 bits per heavy atom. The van der Waals surface area contributed by atoms with Crippen LogP contribution in [-0.4, -0.2) is 17.5 Å². The zero-order valence-electron chi connectivity index (χ0n) is 23.0. The number of carbonyl (C=O) groups excluding carboxylic acids is 1. The molecule has 0 aromatic rings. The summed E-state index contributed by atoms with van der Waals surface area (Å²) in [6.07, 6.45) is 14.9. The second kappa shape index (κ2) is 9.11. The molecule has 33 heavy (non-hydrogen) atoms. The SMILES string of the molecule is CC(C)CCCC(C)C1CCC2C3C(=O)C=C4CC(OC(C)(C)C)CCC4(C)C3CCC12C. The average molecular weight is 457 g/mol. The molecule has 3 saturated carbocycles. The zero-order valence-corrected chi connectivity index (χ0v) is 23.0. The Morgan fingerprint density at radius 3 is 2.39 bits per heavy atom. The van der Waals surface area contributed by atoms with E-state index in [2.05, 4.69) is 61.5 Å². The van der Waals surface area contributed by atoms with Gasteiger partial charge in [0, 0.05) is 5.92 Å². The molecule has 0 N–H and O–H groups in total. The number of hydrogen-bond acceptors (Lipinski definition) is 2. The van der Waals surface area contributed by atoms with Crippen molar-refractivity contribution in [1.82, 2.24) is 0 Å². The second-order valence-corrected chi connectivity index (χ2v) is 14.4. The van der Waals surface area contributed by atoms with Crippen molar-refractivity contribution < 1.29 is 9.53 Å². The third-order valence-electron chi connectivity index (χ3n) is 10.6. The van der Waals surface area contributed by atoms with Gasteiger partial charge >= 0.3 is 0 Å². The molecule has 0 aromatic heterocycles. The molecule has 8 atom stereocenters.